The molecule has 1 aliphatic rings. The minimum atomic E-state index is -2.45. The summed E-state index contributed by atoms with van der Waals surface area (Å²) in [7, 11) is 0. The monoisotopic (exact) mass is 612 g/mol. The van der Waals surface area contributed by atoms with Gasteiger partial charge < -0.3 is 23.7 Å². The van der Waals surface area contributed by atoms with Crippen molar-refractivity contribution >= 4 is 29.8 Å². The molecule has 0 aromatic heterocycles. The van der Waals surface area contributed by atoms with Crippen molar-refractivity contribution in [1.29, 1.82) is 0 Å². The first kappa shape index (κ1) is 38.4. The molecule has 1 heterocycles. The number of cyclic esters (lactones) is 2. The zero-order valence-corrected chi connectivity index (χ0v) is 26.9. The van der Waals surface area contributed by atoms with E-state index >= 15 is 0 Å². The van der Waals surface area contributed by atoms with E-state index in [9.17, 15) is 24.0 Å². The standard InChI is InChI=1S/C33H56O10/c1-4-5-6-7-8-9-10-11-12-13-14-15-16-17-18-19-20-21-22-23-31(38)43-33(42-28(3)35)26-39-29(36)24-25-30(37)41-32(33)40-27(2)34/h32H,4-26H2,1-3H3. The summed E-state index contributed by atoms with van der Waals surface area (Å²) in [6.07, 6.45) is 20.9. The Labute approximate surface area is 258 Å². The lowest BCUT2D eigenvalue weighted by Crippen LogP contribution is -2.56. The first-order chi connectivity index (χ1) is 20.7. The third kappa shape index (κ3) is 19.3. The second-order valence-electron chi connectivity index (χ2n) is 11.6. The average Bonchev–Trinajstić information content (AvgIpc) is 2.99. The molecule has 10 nitrogen and oxygen atoms in total. The maximum absolute atomic E-state index is 12.7. The van der Waals surface area contributed by atoms with E-state index in [4.69, 9.17) is 23.7 Å². The predicted octanol–water partition coefficient (Wildman–Crippen LogP) is 7.38. The van der Waals surface area contributed by atoms with Gasteiger partial charge in [0.2, 0.25) is 0 Å². The highest BCUT2D eigenvalue weighted by Crippen LogP contribution is 2.27. The highest BCUT2D eigenvalue weighted by Gasteiger charge is 2.53. The number of carbonyl (C=O) groups excluding carboxylic acids is 5. The van der Waals surface area contributed by atoms with Crippen molar-refractivity contribution in [2.24, 2.45) is 0 Å². The van der Waals surface area contributed by atoms with Crippen LogP contribution < -0.4 is 0 Å². The van der Waals surface area contributed by atoms with E-state index in [0.717, 1.165) is 33.1 Å². The van der Waals surface area contributed by atoms with Crippen LogP contribution in [0, 0.1) is 0 Å². The maximum Gasteiger partial charge on any atom is 0.366 e. The van der Waals surface area contributed by atoms with Crippen molar-refractivity contribution < 1.29 is 47.7 Å². The van der Waals surface area contributed by atoms with Gasteiger partial charge in [-0.05, 0) is 6.42 Å². The molecular formula is C33H56O10. The molecule has 0 spiro atoms. The van der Waals surface area contributed by atoms with Gasteiger partial charge >= 0.3 is 41.9 Å². The minimum absolute atomic E-state index is 0.00342. The largest absolute Gasteiger partial charge is 0.457 e. The van der Waals surface area contributed by atoms with Crippen LogP contribution in [0.1, 0.15) is 162 Å². The van der Waals surface area contributed by atoms with Crippen LogP contribution in [0.25, 0.3) is 0 Å². The first-order valence-electron chi connectivity index (χ1n) is 16.6. The number of unbranched alkanes of at least 4 members (excludes halogenated alkanes) is 18. The lowest BCUT2D eigenvalue weighted by Gasteiger charge is -2.35. The molecular weight excluding hydrogens is 556 g/mol. The SMILES string of the molecule is CCCCCCCCCCCCCCCCCCCCCC(=O)OC1(OC(C)=O)COC(=O)CCC(=O)OC1OC(C)=O. The van der Waals surface area contributed by atoms with Gasteiger partial charge in [0.05, 0.1) is 12.8 Å². The number of rotatable bonds is 23. The summed E-state index contributed by atoms with van der Waals surface area (Å²) in [4.78, 5) is 60.4. The molecule has 1 aliphatic heterocycles. The number of ether oxygens (including phenoxy) is 5. The van der Waals surface area contributed by atoms with Gasteiger partial charge in [0.25, 0.3) is 0 Å². The van der Waals surface area contributed by atoms with Crippen molar-refractivity contribution in [3.8, 4) is 0 Å². The zero-order valence-electron chi connectivity index (χ0n) is 26.9. The fraction of sp³-hybridized carbons (Fsp3) is 0.848. The summed E-state index contributed by atoms with van der Waals surface area (Å²) >= 11 is 0. The fourth-order valence-electron chi connectivity index (χ4n) is 5.07. The highest BCUT2D eigenvalue weighted by molar-refractivity contribution is 5.78. The third-order valence-corrected chi connectivity index (χ3v) is 7.43. The third-order valence-electron chi connectivity index (χ3n) is 7.43. The molecule has 43 heavy (non-hydrogen) atoms. The molecule has 1 rings (SSSR count). The molecule has 0 N–H and O–H groups in total. The van der Waals surface area contributed by atoms with Crippen LogP contribution in [0.3, 0.4) is 0 Å². The number of carbonyl (C=O) groups is 5. The van der Waals surface area contributed by atoms with Crippen LogP contribution in [0.5, 0.6) is 0 Å². The molecule has 2 atom stereocenters. The van der Waals surface area contributed by atoms with Gasteiger partial charge in [-0.3, -0.25) is 24.0 Å². The van der Waals surface area contributed by atoms with E-state index in [0.29, 0.717) is 6.42 Å². The van der Waals surface area contributed by atoms with Crippen molar-refractivity contribution in [3.63, 3.8) is 0 Å². The predicted molar refractivity (Wildman–Crippen MR) is 160 cm³/mol. The van der Waals surface area contributed by atoms with E-state index in [-0.39, 0.29) is 19.3 Å². The van der Waals surface area contributed by atoms with Gasteiger partial charge in [0.15, 0.2) is 6.61 Å². The summed E-state index contributed by atoms with van der Waals surface area (Å²) in [6.45, 7) is 3.55. The average molecular weight is 613 g/mol. The highest BCUT2D eigenvalue weighted by atomic mass is 16.8. The Kier molecular flexibility index (Phi) is 21.2. The molecule has 10 heteroatoms. The summed E-state index contributed by atoms with van der Waals surface area (Å²) < 4.78 is 25.8. The van der Waals surface area contributed by atoms with Crippen LogP contribution in [0.4, 0.5) is 0 Å². The molecule has 248 valence electrons. The Bertz CT molecular complexity index is 827. The van der Waals surface area contributed by atoms with Crippen LogP contribution in [0.2, 0.25) is 0 Å². The van der Waals surface area contributed by atoms with Crippen LogP contribution in [0.15, 0.2) is 0 Å². The number of hydrogen-bond donors (Lipinski definition) is 0. The molecule has 0 aromatic carbocycles. The molecule has 1 saturated heterocycles. The van der Waals surface area contributed by atoms with Crippen LogP contribution in [-0.2, 0) is 47.7 Å². The summed E-state index contributed by atoms with van der Waals surface area (Å²) in [5.74, 6) is -6.70. The topological polar surface area (TPSA) is 132 Å². The van der Waals surface area contributed by atoms with Gasteiger partial charge in [-0.15, -0.1) is 0 Å². The van der Waals surface area contributed by atoms with Gasteiger partial charge in [-0.1, -0.05) is 122 Å². The van der Waals surface area contributed by atoms with Gasteiger partial charge in [-0.25, -0.2) is 0 Å². The second kappa shape index (κ2) is 23.8. The van der Waals surface area contributed by atoms with Crippen LogP contribution in [-0.4, -0.2) is 48.5 Å². The molecule has 0 amide bonds. The second-order valence-corrected chi connectivity index (χ2v) is 11.6. The first-order valence-corrected chi connectivity index (χ1v) is 16.6. The van der Waals surface area contributed by atoms with Crippen molar-refractivity contribution in [2.45, 2.75) is 174 Å². The smallest absolute Gasteiger partial charge is 0.366 e. The Balaban J connectivity index is 2.28. The Morgan fingerprint density at radius 2 is 1.09 bits per heavy atom. The Morgan fingerprint density at radius 1 is 0.651 bits per heavy atom. The molecule has 0 radical (unpaired) electrons. The number of hydrogen-bond acceptors (Lipinski definition) is 10. The van der Waals surface area contributed by atoms with Crippen molar-refractivity contribution in [3.05, 3.63) is 0 Å². The van der Waals surface area contributed by atoms with Crippen molar-refractivity contribution in [1.82, 2.24) is 0 Å². The molecule has 0 aromatic rings. The van der Waals surface area contributed by atoms with Gasteiger partial charge in [0, 0.05) is 20.3 Å². The lowest BCUT2D eigenvalue weighted by atomic mass is 10.0. The minimum Gasteiger partial charge on any atom is -0.457 e. The number of esters is 5. The summed E-state index contributed by atoms with van der Waals surface area (Å²) in [5, 5.41) is 0. The fourth-order valence-corrected chi connectivity index (χ4v) is 5.07. The van der Waals surface area contributed by atoms with Gasteiger partial charge in [0.1, 0.15) is 0 Å². The van der Waals surface area contributed by atoms with E-state index in [1.165, 1.54) is 96.3 Å². The molecule has 1 fully saturated rings. The maximum atomic E-state index is 12.7. The molecule has 0 saturated carbocycles. The van der Waals surface area contributed by atoms with Gasteiger partial charge in [-0.2, -0.15) is 0 Å². The lowest BCUT2D eigenvalue weighted by molar-refractivity contribution is -0.320. The Morgan fingerprint density at radius 3 is 1.53 bits per heavy atom. The van der Waals surface area contributed by atoms with Crippen molar-refractivity contribution in [2.75, 3.05) is 6.61 Å². The van der Waals surface area contributed by atoms with Crippen LogP contribution >= 0.6 is 0 Å². The normalized spacial score (nSPS) is 18.9. The zero-order chi connectivity index (χ0) is 31.8. The quantitative estimate of drug-likeness (QED) is 0.0498. The Hall–Kier alpha value is -2.65. The van der Waals surface area contributed by atoms with E-state index < -0.39 is 48.5 Å². The molecule has 0 aliphatic carbocycles. The summed E-state index contributed by atoms with van der Waals surface area (Å²) in [6, 6.07) is 0. The molecule has 0 bridgehead atoms. The van der Waals surface area contributed by atoms with E-state index in [1.54, 1.807) is 0 Å². The summed E-state index contributed by atoms with van der Waals surface area (Å²) in [5.41, 5.74) is 0. The van der Waals surface area contributed by atoms with E-state index in [2.05, 4.69) is 6.92 Å². The van der Waals surface area contributed by atoms with E-state index in [1.807, 2.05) is 0 Å². The molecule has 2 unspecified atom stereocenters.